The number of amides is 1. The third-order valence-electron chi connectivity index (χ3n) is 4.69. The van der Waals surface area contributed by atoms with Crippen LogP contribution in [0.1, 0.15) is 34.3 Å². The number of ketones is 1. The van der Waals surface area contributed by atoms with Gasteiger partial charge in [-0.3, -0.25) is 9.59 Å². The Bertz CT molecular complexity index is 858. The molecule has 1 heterocycles. The lowest BCUT2D eigenvalue weighted by atomic mass is 9.85. The van der Waals surface area contributed by atoms with Gasteiger partial charge in [-0.1, -0.05) is 30.0 Å². The minimum atomic E-state index is -1.05. The van der Waals surface area contributed by atoms with Crippen LogP contribution in [-0.4, -0.2) is 42.0 Å². The van der Waals surface area contributed by atoms with E-state index in [1.807, 2.05) is 30.3 Å². The number of nitrogens with one attached hydrogen (secondary N) is 2. The molecule has 0 radical (unpaired) electrons. The molecule has 2 aromatic rings. The summed E-state index contributed by atoms with van der Waals surface area (Å²) in [6, 6.07) is 16.6. The molecule has 1 fully saturated rings. The zero-order chi connectivity index (χ0) is 19.1. The molecule has 1 saturated heterocycles. The number of rotatable bonds is 4. The van der Waals surface area contributed by atoms with E-state index in [1.54, 1.807) is 24.3 Å². The lowest BCUT2D eigenvalue weighted by Crippen LogP contribution is -2.63. The molecule has 27 heavy (non-hydrogen) atoms. The standard InChI is InChI=1S/C22H22N2O3/c25-15-20(26)22(13-4-14-23-16-22)24-21(27)19-11-9-18(10-12-19)8-7-17-5-2-1-3-6-17/h1-3,5-6,9-12,23,25H,4,13-16H2,(H,24,27)/t22-/m1/s1. The lowest BCUT2D eigenvalue weighted by molar-refractivity contribution is -0.128. The maximum absolute atomic E-state index is 12.6. The van der Waals surface area contributed by atoms with Gasteiger partial charge in [0.15, 0.2) is 5.78 Å². The number of aliphatic hydroxyl groups is 1. The van der Waals surface area contributed by atoms with Crippen molar-refractivity contribution >= 4 is 11.7 Å². The summed E-state index contributed by atoms with van der Waals surface area (Å²) >= 11 is 0. The normalized spacial score (nSPS) is 18.9. The van der Waals surface area contributed by atoms with Gasteiger partial charge in [-0.15, -0.1) is 0 Å². The Balaban J connectivity index is 1.72. The van der Waals surface area contributed by atoms with Crippen LogP contribution in [-0.2, 0) is 4.79 Å². The Morgan fingerprint density at radius 2 is 1.70 bits per heavy atom. The van der Waals surface area contributed by atoms with Crippen LogP contribution in [0, 0.1) is 11.8 Å². The minimum Gasteiger partial charge on any atom is -0.388 e. The summed E-state index contributed by atoms with van der Waals surface area (Å²) in [7, 11) is 0. The van der Waals surface area contributed by atoms with Crippen molar-refractivity contribution in [1.29, 1.82) is 0 Å². The van der Waals surface area contributed by atoms with E-state index in [-0.39, 0.29) is 11.7 Å². The maximum atomic E-state index is 12.6. The summed E-state index contributed by atoms with van der Waals surface area (Å²) in [5.41, 5.74) is 1.14. The molecule has 3 N–H and O–H groups in total. The van der Waals surface area contributed by atoms with Crippen molar-refractivity contribution in [1.82, 2.24) is 10.6 Å². The summed E-state index contributed by atoms with van der Waals surface area (Å²) < 4.78 is 0. The van der Waals surface area contributed by atoms with E-state index < -0.39 is 12.1 Å². The number of carbonyl (C=O) groups is 2. The predicted octanol–water partition coefficient (Wildman–Crippen LogP) is 1.50. The molecule has 5 heteroatoms. The maximum Gasteiger partial charge on any atom is 0.252 e. The summed E-state index contributed by atoms with van der Waals surface area (Å²) in [6.45, 7) is 0.542. The molecule has 1 amide bonds. The monoisotopic (exact) mass is 362 g/mol. The van der Waals surface area contributed by atoms with Crippen molar-refractivity contribution in [3.8, 4) is 11.8 Å². The van der Waals surface area contributed by atoms with E-state index in [9.17, 15) is 14.7 Å². The second kappa shape index (κ2) is 8.63. The number of carbonyl (C=O) groups excluding carboxylic acids is 2. The number of aliphatic hydroxyl groups excluding tert-OH is 1. The molecule has 1 aliphatic rings. The van der Waals surface area contributed by atoms with E-state index in [4.69, 9.17) is 0 Å². The first kappa shape index (κ1) is 18.8. The van der Waals surface area contributed by atoms with Gasteiger partial charge in [0.1, 0.15) is 12.1 Å². The van der Waals surface area contributed by atoms with Crippen LogP contribution in [0.2, 0.25) is 0 Å². The molecule has 0 aliphatic carbocycles. The van der Waals surface area contributed by atoms with E-state index >= 15 is 0 Å². The van der Waals surface area contributed by atoms with Gasteiger partial charge < -0.3 is 15.7 Å². The average molecular weight is 362 g/mol. The molecule has 0 aromatic heterocycles. The van der Waals surface area contributed by atoms with E-state index in [0.717, 1.165) is 24.1 Å². The highest BCUT2D eigenvalue weighted by atomic mass is 16.3. The second-order valence-corrected chi connectivity index (χ2v) is 6.59. The highest BCUT2D eigenvalue weighted by molar-refractivity contribution is 6.00. The first-order chi connectivity index (χ1) is 13.1. The van der Waals surface area contributed by atoms with Crippen molar-refractivity contribution in [3.63, 3.8) is 0 Å². The summed E-state index contributed by atoms with van der Waals surface area (Å²) in [5, 5.41) is 15.2. The molecule has 0 bridgehead atoms. The zero-order valence-corrected chi connectivity index (χ0v) is 15.0. The van der Waals surface area contributed by atoms with Crippen LogP contribution in [0.25, 0.3) is 0 Å². The summed E-state index contributed by atoms with van der Waals surface area (Å²) in [6.07, 6.45) is 1.28. The largest absolute Gasteiger partial charge is 0.388 e. The third-order valence-corrected chi connectivity index (χ3v) is 4.69. The Hall–Kier alpha value is -2.94. The first-order valence-electron chi connectivity index (χ1n) is 8.97. The van der Waals surface area contributed by atoms with Crippen molar-refractivity contribution in [2.75, 3.05) is 19.7 Å². The number of hydrogen-bond donors (Lipinski definition) is 3. The van der Waals surface area contributed by atoms with Crippen molar-refractivity contribution in [3.05, 3.63) is 71.3 Å². The van der Waals surface area contributed by atoms with Crippen LogP contribution in [0.5, 0.6) is 0 Å². The fourth-order valence-corrected chi connectivity index (χ4v) is 3.13. The Kier molecular flexibility index (Phi) is 6.02. The van der Waals surface area contributed by atoms with Gasteiger partial charge >= 0.3 is 0 Å². The van der Waals surface area contributed by atoms with Gasteiger partial charge in [0, 0.05) is 23.2 Å². The topological polar surface area (TPSA) is 78.4 Å². The summed E-state index contributed by atoms with van der Waals surface area (Å²) in [5.74, 6) is 5.44. The van der Waals surface area contributed by atoms with Gasteiger partial charge in [0.05, 0.1) is 0 Å². The molecule has 0 saturated carbocycles. The number of hydrogen-bond acceptors (Lipinski definition) is 4. The van der Waals surface area contributed by atoms with Gasteiger partial charge in [0.2, 0.25) is 0 Å². The smallest absolute Gasteiger partial charge is 0.252 e. The van der Waals surface area contributed by atoms with Crippen LogP contribution in [0.4, 0.5) is 0 Å². The zero-order valence-electron chi connectivity index (χ0n) is 15.0. The highest BCUT2D eigenvalue weighted by Gasteiger charge is 2.40. The van der Waals surface area contributed by atoms with Crippen LogP contribution in [0.3, 0.4) is 0 Å². The van der Waals surface area contributed by atoms with Crippen molar-refractivity contribution in [2.24, 2.45) is 0 Å². The SMILES string of the molecule is O=C(N[C@]1(C(=O)CO)CCCNC1)c1ccc(C#Cc2ccccc2)cc1. The van der Waals surface area contributed by atoms with E-state index in [2.05, 4.69) is 22.5 Å². The third kappa shape index (κ3) is 4.62. The molecule has 3 rings (SSSR count). The molecule has 138 valence electrons. The van der Waals surface area contributed by atoms with Crippen LogP contribution in [0.15, 0.2) is 54.6 Å². The van der Waals surface area contributed by atoms with Crippen molar-refractivity contribution in [2.45, 2.75) is 18.4 Å². The highest BCUT2D eigenvalue weighted by Crippen LogP contribution is 2.18. The average Bonchev–Trinajstić information content (AvgIpc) is 2.73. The van der Waals surface area contributed by atoms with E-state index in [1.165, 1.54) is 0 Å². The quantitative estimate of drug-likeness (QED) is 0.721. The van der Waals surface area contributed by atoms with Gasteiger partial charge in [-0.05, 0) is 55.8 Å². The number of Topliss-reactive ketones (excluding diaryl/α,β-unsaturated/α-hetero) is 1. The molecule has 2 aromatic carbocycles. The fraction of sp³-hybridized carbons (Fsp3) is 0.273. The molecule has 5 nitrogen and oxygen atoms in total. The minimum absolute atomic E-state index is 0.330. The van der Waals surface area contributed by atoms with Crippen LogP contribution >= 0.6 is 0 Å². The Morgan fingerprint density at radius 1 is 1.04 bits per heavy atom. The van der Waals surface area contributed by atoms with Crippen LogP contribution < -0.4 is 10.6 Å². The van der Waals surface area contributed by atoms with Crippen molar-refractivity contribution < 1.29 is 14.7 Å². The molecule has 1 atom stereocenters. The van der Waals surface area contributed by atoms with Gasteiger partial charge in [-0.2, -0.15) is 0 Å². The molecular weight excluding hydrogens is 340 g/mol. The number of benzene rings is 2. The van der Waals surface area contributed by atoms with E-state index in [0.29, 0.717) is 18.5 Å². The Morgan fingerprint density at radius 3 is 2.30 bits per heavy atom. The molecule has 0 spiro atoms. The van der Waals surface area contributed by atoms with Gasteiger partial charge in [-0.25, -0.2) is 0 Å². The second-order valence-electron chi connectivity index (χ2n) is 6.59. The molecular formula is C22H22N2O3. The summed E-state index contributed by atoms with van der Waals surface area (Å²) in [4.78, 5) is 24.8. The molecule has 1 aliphatic heterocycles. The Labute approximate surface area is 158 Å². The first-order valence-corrected chi connectivity index (χ1v) is 8.97. The van der Waals surface area contributed by atoms with Gasteiger partial charge in [0.25, 0.3) is 5.91 Å². The lowest BCUT2D eigenvalue weighted by Gasteiger charge is -2.36. The predicted molar refractivity (Wildman–Crippen MR) is 103 cm³/mol. The number of piperidine rings is 1. The molecule has 0 unspecified atom stereocenters. The fourth-order valence-electron chi connectivity index (χ4n) is 3.13.